The second-order valence-electron chi connectivity index (χ2n) is 8.67. The standard InChI is InChI=1S/C29H33FN2O3/c1-4-16-31-29(34)26(18-23-10-6-5-7-11-23)32(19-24-12-8-9-13-25(24)30)28(33)20-35-27-17-21(2)14-15-22(27)3/h5-15,17,26H,4,16,18-20H2,1-3H3,(H,31,34)/t26-/m1/s1. The van der Waals surface area contributed by atoms with Gasteiger partial charge < -0.3 is 15.0 Å². The molecule has 0 spiro atoms. The first-order valence-corrected chi connectivity index (χ1v) is 11.9. The Balaban J connectivity index is 1.92. The van der Waals surface area contributed by atoms with Crippen LogP contribution in [0.25, 0.3) is 0 Å². The van der Waals surface area contributed by atoms with Gasteiger partial charge in [-0.15, -0.1) is 0 Å². The van der Waals surface area contributed by atoms with Crippen LogP contribution in [0, 0.1) is 19.7 Å². The van der Waals surface area contributed by atoms with Crippen LogP contribution in [0.1, 0.15) is 35.6 Å². The number of halogens is 1. The third-order valence-corrected chi connectivity index (χ3v) is 5.81. The number of rotatable bonds is 11. The van der Waals surface area contributed by atoms with Crippen LogP contribution in [0.15, 0.2) is 72.8 Å². The fourth-order valence-corrected chi connectivity index (χ4v) is 3.82. The average Bonchev–Trinajstić information content (AvgIpc) is 2.86. The van der Waals surface area contributed by atoms with Crippen molar-refractivity contribution in [2.45, 2.75) is 46.2 Å². The van der Waals surface area contributed by atoms with Gasteiger partial charge in [0.25, 0.3) is 5.91 Å². The van der Waals surface area contributed by atoms with Crippen molar-refractivity contribution in [1.82, 2.24) is 10.2 Å². The molecule has 3 aromatic rings. The normalized spacial score (nSPS) is 11.5. The summed E-state index contributed by atoms with van der Waals surface area (Å²) in [6.07, 6.45) is 1.07. The Kier molecular flexibility index (Phi) is 9.41. The number of aryl methyl sites for hydroxylation is 2. The van der Waals surface area contributed by atoms with Crippen LogP contribution in [-0.2, 0) is 22.6 Å². The van der Waals surface area contributed by atoms with Gasteiger partial charge in [0.15, 0.2) is 6.61 Å². The zero-order valence-electron chi connectivity index (χ0n) is 20.6. The lowest BCUT2D eigenvalue weighted by atomic mass is 10.0. The molecule has 0 heterocycles. The predicted molar refractivity (Wildman–Crippen MR) is 136 cm³/mol. The third-order valence-electron chi connectivity index (χ3n) is 5.81. The summed E-state index contributed by atoms with van der Waals surface area (Å²) in [5, 5.41) is 2.91. The number of amides is 2. The highest BCUT2D eigenvalue weighted by Gasteiger charge is 2.31. The Hall–Kier alpha value is -3.67. The molecule has 5 nitrogen and oxygen atoms in total. The molecule has 1 N–H and O–H groups in total. The fraction of sp³-hybridized carbons (Fsp3) is 0.310. The molecule has 0 aliphatic carbocycles. The summed E-state index contributed by atoms with van der Waals surface area (Å²) in [5.41, 5.74) is 3.17. The van der Waals surface area contributed by atoms with E-state index in [4.69, 9.17) is 4.74 Å². The summed E-state index contributed by atoms with van der Waals surface area (Å²) in [7, 11) is 0. The molecule has 3 rings (SSSR count). The van der Waals surface area contributed by atoms with E-state index in [-0.39, 0.29) is 25.0 Å². The van der Waals surface area contributed by atoms with Crippen LogP contribution in [0.2, 0.25) is 0 Å². The van der Waals surface area contributed by atoms with E-state index < -0.39 is 11.9 Å². The summed E-state index contributed by atoms with van der Waals surface area (Å²) >= 11 is 0. The van der Waals surface area contributed by atoms with E-state index in [9.17, 15) is 14.0 Å². The lowest BCUT2D eigenvalue weighted by Gasteiger charge is -2.31. The molecule has 0 fully saturated rings. The van der Waals surface area contributed by atoms with Crippen LogP contribution >= 0.6 is 0 Å². The molecule has 0 saturated heterocycles. The summed E-state index contributed by atoms with van der Waals surface area (Å²) < 4.78 is 20.5. The second kappa shape index (κ2) is 12.7. The van der Waals surface area contributed by atoms with Crippen LogP contribution < -0.4 is 10.1 Å². The van der Waals surface area contributed by atoms with E-state index in [0.29, 0.717) is 24.3 Å². The first-order chi connectivity index (χ1) is 16.9. The lowest BCUT2D eigenvalue weighted by Crippen LogP contribution is -2.52. The summed E-state index contributed by atoms with van der Waals surface area (Å²) in [6.45, 7) is 6.01. The third kappa shape index (κ3) is 7.41. The Bertz CT molecular complexity index is 1130. The minimum Gasteiger partial charge on any atom is -0.483 e. The van der Waals surface area contributed by atoms with Crippen molar-refractivity contribution >= 4 is 11.8 Å². The van der Waals surface area contributed by atoms with E-state index in [1.807, 2.05) is 69.3 Å². The zero-order chi connectivity index (χ0) is 25.2. The van der Waals surface area contributed by atoms with E-state index in [2.05, 4.69) is 5.32 Å². The number of hydrogen-bond acceptors (Lipinski definition) is 3. The Morgan fingerprint density at radius 3 is 2.43 bits per heavy atom. The van der Waals surface area contributed by atoms with Gasteiger partial charge >= 0.3 is 0 Å². The maximum Gasteiger partial charge on any atom is 0.261 e. The quantitative estimate of drug-likeness (QED) is 0.424. The van der Waals surface area contributed by atoms with Gasteiger partial charge in [0, 0.05) is 25.1 Å². The van der Waals surface area contributed by atoms with Crippen molar-refractivity contribution in [2.75, 3.05) is 13.2 Å². The SMILES string of the molecule is CCCNC(=O)[C@@H](Cc1ccccc1)N(Cc1ccccc1F)C(=O)COc1cc(C)ccc1C. The highest BCUT2D eigenvalue weighted by atomic mass is 19.1. The molecule has 0 unspecified atom stereocenters. The smallest absolute Gasteiger partial charge is 0.261 e. The highest BCUT2D eigenvalue weighted by Crippen LogP contribution is 2.21. The van der Waals surface area contributed by atoms with Gasteiger partial charge in [-0.05, 0) is 49.1 Å². The van der Waals surface area contributed by atoms with Crippen molar-refractivity contribution in [2.24, 2.45) is 0 Å². The van der Waals surface area contributed by atoms with Gasteiger partial charge in [-0.25, -0.2) is 4.39 Å². The number of carbonyl (C=O) groups is 2. The highest BCUT2D eigenvalue weighted by molar-refractivity contribution is 5.88. The number of hydrogen-bond donors (Lipinski definition) is 1. The number of nitrogens with zero attached hydrogens (tertiary/aromatic N) is 1. The van der Waals surface area contributed by atoms with Gasteiger partial charge in [-0.2, -0.15) is 0 Å². The molecule has 0 aliphatic heterocycles. The molecule has 2 amide bonds. The predicted octanol–water partition coefficient (Wildman–Crippen LogP) is 4.99. The van der Waals surface area contributed by atoms with Gasteiger partial charge in [0.1, 0.15) is 17.6 Å². The molecule has 0 radical (unpaired) electrons. The maximum atomic E-state index is 14.6. The number of nitrogens with one attached hydrogen (secondary N) is 1. The monoisotopic (exact) mass is 476 g/mol. The first-order valence-electron chi connectivity index (χ1n) is 11.9. The molecule has 35 heavy (non-hydrogen) atoms. The number of carbonyl (C=O) groups excluding carboxylic acids is 2. The minimum atomic E-state index is -0.821. The van der Waals surface area contributed by atoms with E-state index in [1.165, 1.54) is 11.0 Å². The molecule has 3 aromatic carbocycles. The summed E-state index contributed by atoms with van der Waals surface area (Å²) in [6, 6.07) is 20.8. The first kappa shape index (κ1) is 25.9. The zero-order valence-corrected chi connectivity index (χ0v) is 20.6. The molecule has 0 bridgehead atoms. The molecule has 0 aliphatic rings. The molecule has 184 valence electrons. The Morgan fingerprint density at radius 1 is 1.00 bits per heavy atom. The van der Waals surface area contributed by atoms with E-state index in [1.54, 1.807) is 18.2 Å². The van der Waals surface area contributed by atoms with Gasteiger partial charge in [0.05, 0.1) is 0 Å². The summed E-state index contributed by atoms with van der Waals surface area (Å²) in [4.78, 5) is 28.2. The molecule has 0 aromatic heterocycles. The van der Waals surface area contributed by atoms with E-state index in [0.717, 1.165) is 23.1 Å². The van der Waals surface area contributed by atoms with Crippen LogP contribution in [0.4, 0.5) is 4.39 Å². The van der Waals surface area contributed by atoms with Crippen molar-refractivity contribution in [1.29, 1.82) is 0 Å². The molecular weight excluding hydrogens is 443 g/mol. The van der Waals surface area contributed by atoms with Crippen LogP contribution in [0.5, 0.6) is 5.75 Å². The maximum absolute atomic E-state index is 14.6. The molecule has 0 saturated carbocycles. The second-order valence-corrected chi connectivity index (χ2v) is 8.67. The van der Waals surface area contributed by atoms with Crippen molar-refractivity contribution < 1.29 is 18.7 Å². The number of benzene rings is 3. The largest absolute Gasteiger partial charge is 0.483 e. The Morgan fingerprint density at radius 2 is 1.71 bits per heavy atom. The van der Waals surface area contributed by atoms with E-state index >= 15 is 0 Å². The van der Waals surface area contributed by atoms with Gasteiger partial charge in [-0.1, -0.05) is 67.6 Å². The molecule has 6 heteroatoms. The topological polar surface area (TPSA) is 58.6 Å². The lowest BCUT2D eigenvalue weighted by molar-refractivity contribution is -0.142. The Labute approximate surface area is 206 Å². The van der Waals surface area contributed by atoms with Crippen molar-refractivity contribution in [3.63, 3.8) is 0 Å². The van der Waals surface area contributed by atoms with Gasteiger partial charge in [-0.3, -0.25) is 9.59 Å². The van der Waals surface area contributed by atoms with Crippen molar-refractivity contribution in [3.8, 4) is 5.75 Å². The summed E-state index contributed by atoms with van der Waals surface area (Å²) in [5.74, 6) is -0.471. The fourth-order valence-electron chi connectivity index (χ4n) is 3.82. The van der Waals surface area contributed by atoms with Crippen LogP contribution in [-0.4, -0.2) is 35.9 Å². The average molecular weight is 477 g/mol. The number of ether oxygens (including phenoxy) is 1. The molecular formula is C29H33FN2O3. The molecule has 1 atom stereocenters. The van der Waals surface area contributed by atoms with Crippen LogP contribution in [0.3, 0.4) is 0 Å². The van der Waals surface area contributed by atoms with Crippen molar-refractivity contribution in [3.05, 3.63) is 101 Å². The minimum absolute atomic E-state index is 0.0429. The van der Waals surface area contributed by atoms with Gasteiger partial charge in [0.2, 0.25) is 5.91 Å².